The summed E-state index contributed by atoms with van der Waals surface area (Å²) >= 11 is 8.26. The van der Waals surface area contributed by atoms with Gasteiger partial charge in [-0.1, -0.05) is 35.9 Å². The number of aryl methyl sites for hydroxylation is 1. The van der Waals surface area contributed by atoms with Gasteiger partial charge in [0.1, 0.15) is 17.8 Å². The molecule has 0 saturated heterocycles. The van der Waals surface area contributed by atoms with Crippen molar-refractivity contribution in [3.63, 3.8) is 0 Å². The summed E-state index contributed by atoms with van der Waals surface area (Å²) in [4.78, 5) is 10.1. The van der Waals surface area contributed by atoms with Crippen LogP contribution in [0.2, 0.25) is 5.02 Å². The van der Waals surface area contributed by atoms with E-state index in [1.54, 1.807) is 18.1 Å². The molecule has 4 nitrogen and oxygen atoms in total. The molecule has 1 heterocycles. The Balaban J connectivity index is 1.61. The Labute approximate surface area is 190 Å². The first-order valence-corrected chi connectivity index (χ1v) is 11.3. The van der Waals surface area contributed by atoms with Crippen molar-refractivity contribution in [3.05, 3.63) is 77.6 Å². The molecule has 3 aromatic carbocycles. The second kappa shape index (κ2) is 9.82. The summed E-state index contributed by atoms with van der Waals surface area (Å²) in [7, 11) is 0. The fourth-order valence-corrected chi connectivity index (χ4v) is 4.41. The Bertz CT molecular complexity index is 1270. The largest absolute Gasteiger partial charge is 0.457 e. The fraction of sp³-hybridized carbons (Fsp3) is 0.160. The van der Waals surface area contributed by atoms with Gasteiger partial charge in [-0.05, 0) is 61.1 Å². The highest BCUT2D eigenvalue weighted by molar-refractivity contribution is 7.99. The average Bonchev–Trinajstić information content (AvgIpc) is 2.78. The highest BCUT2D eigenvalue weighted by atomic mass is 35.5. The zero-order valence-electron chi connectivity index (χ0n) is 17.0. The third kappa shape index (κ3) is 4.99. The van der Waals surface area contributed by atoms with Crippen LogP contribution in [0.4, 0.5) is 0 Å². The van der Waals surface area contributed by atoms with E-state index in [2.05, 4.69) is 16.0 Å². The van der Waals surface area contributed by atoms with Gasteiger partial charge in [0.25, 0.3) is 0 Å². The molecule has 0 radical (unpaired) electrons. The van der Waals surface area contributed by atoms with E-state index >= 15 is 0 Å². The molecule has 0 spiro atoms. The summed E-state index contributed by atoms with van der Waals surface area (Å²) < 4.78 is 6.13. The number of fused-ring (bicyclic) bond motifs is 1. The molecule has 4 rings (SSSR count). The standard InChI is InChI=1S/C25H20ClN3OS/c1-17-6-4-9-21-24(17)28-16-29-25(21)22-15-19(10-11-23(22)26)30-18-7-5-8-20(14-18)31-13-3-2-12-27/h4-11,14-16H,2-3,13H2,1H3. The van der Waals surface area contributed by atoms with Crippen molar-refractivity contribution in [1.82, 2.24) is 9.97 Å². The number of rotatable bonds is 7. The van der Waals surface area contributed by atoms with Crippen LogP contribution in [0, 0.1) is 18.3 Å². The second-order valence-electron chi connectivity index (χ2n) is 7.02. The molecule has 1 aromatic heterocycles. The van der Waals surface area contributed by atoms with E-state index in [0.717, 1.165) is 50.5 Å². The molecular weight excluding hydrogens is 426 g/mol. The number of benzene rings is 3. The van der Waals surface area contributed by atoms with Crippen molar-refractivity contribution in [3.8, 4) is 28.8 Å². The molecule has 0 unspecified atom stereocenters. The first-order chi connectivity index (χ1) is 15.2. The first-order valence-electron chi connectivity index (χ1n) is 9.93. The van der Waals surface area contributed by atoms with Crippen LogP contribution in [0.3, 0.4) is 0 Å². The Morgan fingerprint density at radius 1 is 1.03 bits per heavy atom. The molecule has 0 aliphatic rings. The minimum atomic E-state index is 0.577. The lowest BCUT2D eigenvalue weighted by Gasteiger charge is -2.12. The van der Waals surface area contributed by atoms with E-state index in [9.17, 15) is 0 Å². The van der Waals surface area contributed by atoms with Crippen molar-refractivity contribution in [1.29, 1.82) is 5.26 Å². The van der Waals surface area contributed by atoms with Gasteiger partial charge in [0.05, 0.1) is 22.3 Å². The number of unbranched alkanes of at least 4 members (excludes halogenated alkanes) is 1. The maximum atomic E-state index is 8.67. The molecule has 0 saturated carbocycles. The van der Waals surface area contributed by atoms with Gasteiger partial charge in [-0.3, -0.25) is 0 Å². The van der Waals surface area contributed by atoms with E-state index < -0.39 is 0 Å². The van der Waals surface area contributed by atoms with Crippen LogP contribution in [0.5, 0.6) is 11.5 Å². The monoisotopic (exact) mass is 445 g/mol. The van der Waals surface area contributed by atoms with E-state index in [0.29, 0.717) is 17.2 Å². The summed E-state index contributed by atoms with van der Waals surface area (Å²) in [5.74, 6) is 2.34. The van der Waals surface area contributed by atoms with Crippen LogP contribution in [-0.4, -0.2) is 15.7 Å². The number of halogens is 1. The molecule has 0 aliphatic heterocycles. The first kappa shape index (κ1) is 21.2. The topological polar surface area (TPSA) is 58.8 Å². The van der Waals surface area contributed by atoms with Crippen molar-refractivity contribution in [2.24, 2.45) is 0 Å². The molecule has 0 bridgehead atoms. The van der Waals surface area contributed by atoms with Crippen LogP contribution < -0.4 is 4.74 Å². The van der Waals surface area contributed by atoms with Crippen LogP contribution in [0.15, 0.2) is 71.9 Å². The molecule has 154 valence electrons. The van der Waals surface area contributed by atoms with Crippen LogP contribution in [0.25, 0.3) is 22.2 Å². The number of thioether (sulfide) groups is 1. The molecule has 0 fully saturated rings. The van der Waals surface area contributed by atoms with Crippen molar-refractivity contribution in [2.45, 2.75) is 24.7 Å². The van der Waals surface area contributed by atoms with Gasteiger partial charge >= 0.3 is 0 Å². The number of para-hydroxylation sites is 1. The van der Waals surface area contributed by atoms with Crippen LogP contribution in [-0.2, 0) is 0 Å². The second-order valence-corrected chi connectivity index (χ2v) is 8.60. The van der Waals surface area contributed by atoms with Gasteiger partial charge in [-0.2, -0.15) is 5.26 Å². The number of aromatic nitrogens is 2. The summed E-state index contributed by atoms with van der Waals surface area (Å²) in [5, 5.41) is 10.2. The maximum Gasteiger partial charge on any atom is 0.128 e. The van der Waals surface area contributed by atoms with Gasteiger partial charge in [0.15, 0.2) is 0 Å². The summed E-state index contributed by atoms with van der Waals surface area (Å²) in [6, 6.07) is 21.8. The Morgan fingerprint density at radius 2 is 1.87 bits per heavy atom. The van der Waals surface area contributed by atoms with Crippen LogP contribution in [0.1, 0.15) is 18.4 Å². The van der Waals surface area contributed by atoms with E-state index in [1.165, 1.54) is 0 Å². The van der Waals surface area contributed by atoms with Crippen molar-refractivity contribution in [2.75, 3.05) is 5.75 Å². The zero-order chi connectivity index (χ0) is 21.6. The van der Waals surface area contributed by atoms with Crippen molar-refractivity contribution < 1.29 is 4.74 Å². The predicted octanol–water partition coefficient (Wildman–Crippen LogP) is 7.45. The molecule has 0 N–H and O–H groups in total. The summed E-state index contributed by atoms with van der Waals surface area (Å²) in [5.41, 5.74) is 3.59. The lowest BCUT2D eigenvalue weighted by atomic mass is 10.0. The Hall–Kier alpha value is -3.07. The molecule has 6 heteroatoms. The molecule has 4 aromatic rings. The zero-order valence-corrected chi connectivity index (χ0v) is 18.6. The minimum absolute atomic E-state index is 0.577. The quantitative estimate of drug-likeness (QED) is 0.218. The number of nitrogens with zero attached hydrogens (tertiary/aromatic N) is 3. The molecular formula is C25H20ClN3OS. The molecule has 31 heavy (non-hydrogen) atoms. The fourth-order valence-electron chi connectivity index (χ4n) is 3.30. The highest BCUT2D eigenvalue weighted by Crippen LogP contribution is 2.36. The SMILES string of the molecule is Cc1cccc2c(-c3cc(Oc4cccc(SCCCC#N)c4)ccc3Cl)ncnc12. The maximum absolute atomic E-state index is 8.67. The molecule has 0 aliphatic carbocycles. The lowest BCUT2D eigenvalue weighted by Crippen LogP contribution is -1.93. The van der Waals surface area contributed by atoms with Gasteiger partial charge < -0.3 is 4.74 Å². The minimum Gasteiger partial charge on any atom is -0.457 e. The number of hydrogen-bond donors (Lipinski definition) is 0. The average molecular weight is 446 g/mol. The van der Waals surface area contributed by atoms with Gasteiger partial charge in [0.2, 0.25) is 0 Å². The smallest absolute Gasteiger partial charge is 0.128 e. The molecule has 0 atom stereocenters. The van der Waals surface area contributed by atoms with Gasteiger partial charge in [-0.25, -0.2) is 9.97 Å². The Morgan fingerprint density at radius 3 is 2.74 bits per heavy atom. The van der Waals surface area contributed by atoms with E-state index in [4.69, 9.17) is 21.6 Å². The predicted molar refractivity (Wildman–Crippen MR) is 127 cm³/mol. The Kier molecular flexibility index (Phi) is 6.71. The summed E-state index contributed by atoms with van der Waals surface area (Å²) in [6.45, 7) is 2.03. The number of nitriles is 1. The third-order valence-corrected chi connectivity index (χ3v) is 6.21. The highest BCUT2D eigenvalue weighted by Gasteiger charge is 2.13. The normalized spacial score (nSPS) is 10.7. The third-order valence-electron chi connectivity index (χ3n) is 4.80. The van der Waals surface area contributed by atoms with E-state index in [-0.39, 0.29) is 0 Å². The van der Waals surface area contributed by atoms with E-state index in [1.807, 2.05) is 67.6 Å². The van der Waals surface area contributed by atoms with Crippen molar-refractivity contribution >= 4 is 34.3 Å². The summed E-state index contributed by atoms with van der Waals surface area (Å²) in [6.07, 6.45) is 3.02. The lowest BCUT2D eigenvalue weighted by molar-refractivity contribution is 0.481. The number of hydrogen-bond acceptors (Lipinski definition) is 5. The number of ether oxygens (including phenoxy) is 1. The van der Waals surface area contributed by atoms with Gasteiger partial charge in [-0.15, -0.1) is 11.8 Å². The van der Waals surface area contributed by atoms with Gasteiger partial charge in [0, 0.05) is 22.3 Å². The molecule has 0 amide bonds. The van der Waals surface area contributed by atoms with Crippen LogP contribution >= 0.6 is 23.4 Å².